The molecule has 1 aromatic rings. The molecular weight excluding hydrogens is 213 g/mol. The SMILES string of the molecule is COC(=O)C(O)C(C)(C)c1cc(F)ccn1. The highest BCUT2D eigenvalue weighted by Gasteiger charge is 2.37. The fourth-order valence-corrected chi connectivity index (χ4v) is 1.30. The van der Waals surface area contributed by atoms with Crippen molar-refractivity contribution in [1.29, 1.82) is 0 Å². The Morgan fingerprint density at radius 1 is 1.62 bits per heavy atom. The Balaban J connectivity index is 3.05. The Kier molecular flexibility index (Phi) is 3.59. The van der Waals surface area contributed by atoms with Gasteiger partial charge in [-0.2, -0.15) is 0 Å². The number of aliphatic hydroxyl groups is 1. The molecule has 0 saturated carbocycles. The van der Waals surface area contributed by atoms with Crippen LogP contribution in [-0.2, 0) is 14.9 Å². The maximum atomic E-state index is 13.0. The number of halogens is 1. The molecule has 1 rings (SSSR count). The monoisotopic (exact) mass is 227 g/mol. The summed E-state index contributed by atoms with van der Waals surface area (Å²) in [5.74, 6) is -1.23. The molecule has 0 spiro atoms. The summed E-state index contributed by atoms with van der Waals surface area (Å²) in [5, 5.41) is 9.75. The fourth-order valence-electron chi connectivity index (χ4n) is 1.30. The van der Waals surface area contributed by atoms with Gasteiger partial charge in [0.25, 0.3) is 0 Å². The van der Waals surface area contributed by atoms with Crippen LogP contribution in [0.25, 0.3) is 0 Å². The van der Waals surface area contributed by atoms with Crippen molar-refractivity contribution in [3.8, 4) is 0 Å². The standard InChI is InChI=1S/C11H14FNO3/c1-11(2,9(14)10(15)16-3)8-6-7(12)4-5-13-8/h4-6,9,14H,1-3H3. The van der Waals surface area contributed by atoms with Gasteiger partial charge >= 0.3 is 5.97 Å². The highest BCUT2D eigenvalue weighted by molar-refractivity contribution is 5.76. The van der Waals surface area contributed by atoms with E-state index in [1.54, 1.807) is 13.8 Å². The van der Waals surface area contributed by atoms with Crippen molar-refractivity contribution in [3.63, 3.8) is 0 Å². The summed E-state index contributed by atoms with van der Waals surface area (Å²) >= 11 is 0. The predicted molar refractivity (Wildman–Crippen MR) is 55.2 cm³/mol. The summed E-state index contributed by atoms with van der Waals surface area (Å²) < 4.78 is 17.4. The van der Waals surface area contributed by atoms with Crippen LogP contribution in [0.15, 0.2) is 18.3 Å². The molecule has 4 nitrogen and oxygen atoms in total. The zero-order valence-electron chi connectivity index (χ0n) is 9.40. The van der Waals surface area contributed by atoms with E-state index in [9.17, 15) is 14.3 Å². The van der Waals surface area contributed by atoms with E-state index in [1.165, 1.54) is 25.4 Å². The van der Waals surface area contributed by atoms with Crippen LogP contribution in [0.5, 0.6) is 0 Å². The molecular formula is C11H14FNO3. The Morgan fingerprint density at radius 3 is 2.75 bits per heavy atom. The number of esters is 1. The van der Waals surface area contributed by atoms with E-state index >= 15 is 0 Å². The van der Waals surface area contributed by atoms with Crippen LogP contribution in [0.2, 0.25) is 0 Å². The van der Waals surface area contributed by atoms with Crippen molar-refractivity contribution in [2.24, 2.45) is 0 Å². The molecule has 0 aliphatic rings. The molecule has 5 heteroatoms. The molecule has 0 radical (unpaired) electrons. The van der Waals surface area contributed by atoms with Crippen molar-refractivity contribution in [1.82, 2.24) is 4.98 Å². The quantitative estimate of drug-likeness (QED) is 0.783. The van der Waals surface area contributed by atoms with Gasteiger partial charge in [0.2, 0.25) is 0 Å². The molecule has 1 N–H and O–H groups in total. The predicted octanol–water partition coefficient (Wildman–Crippen LogP) is 1.03. The number of aliphatic hydroxyl groups excluding tert-OH is 1. The third-order valence-corrected chi connectivity index (χ3v) is 2.49. The topological polar surface area (TPSA) is 59.4 Å². The number of ether oxygens (including phenoxy) is 1. The van der Waals surface area contributed by atoms with E-state index in [1.807, 2.05) is 0 Å². The lowest BCUT2D eigenvalue weighted by molar-refractivity contribution is -0.154. The van der Waals surface area contributed by atoms with Gasteiger partial charge in [0.15, 0.2) is 6.10 Å². The zero-order chi connectivity index (χ0) is 12.3. The molecule has 1 heterocycles. The summed E-state index contributed by atoms with van der Waals surface area (Å²) in [5.41, 5.74) is -0.708. The normalized spacial score (nSPS) is 13.3. The molecule has 0 aliphatic heterocycles. The van der Waals surface area contributed by atoms with E-state index in [4.69, 9.17) is 0 Å². The van der Waals surface area contributed by atoms with E-state index in [0.717, 1.165) is 0 Å². The van der Waals surface area contributed by atoms with Crippen LogP contribution in [0, 0.1) is 5.82 Å². The van der Waals surface area contributed by atoms with Gasteiger partial charge in [-0.1, -0.05) is 13.8 Å². The maximum absolute atomic E-state index is 13.0. The molecule has 1 unspecified atom stereocenters. The van der Waals surface area contributed by atoms with Crippen molar-refractivity contribution in [2.75, 3.05) is 7.11 Å². The third kappa shape index (κ3) is 2.36. The van der Waals surface area contributed by atoms with Gasteiger partial charge in [0, 0.05) is 11.6 Å². The smallest absolute Gasteiger partial charge is 0.335 e. The maximum Gasteiger partial charge on any atom is 0.335 e. The van der Waals surface area contributed by atoms with Crippen LogP contribution in [0.1, 0.15) is 19.5 Å². The second kappa shape index (κ2) is 4.57. The third-order valence-electron chi connectivity index (χ3n) is 2.49. The first-order valence-corrected chi connectivity index (χ1v) is 4.77. The Labute approximate surface area is 93.1 Å². The van der Waals surface area contributed by atoms with Gasteiger partial charge in [-0.3, -0.25) is 4.98 Å². The van der Waals surface area contributed by atoms with Crippen molar-refractivity contribution >= 4 is 5.97 Å². The Hall–Kier alpha value is -1.49. The molecule has 0 aliphatic carbocycles. The van der Waals surface area contributed by atoms with Gasteiger partial charge in [0.1, 0.15) is 5.82 Å². The lowest BCUT2D eigenvalue weighted by Crippen LogP contribution is -2.41. The van der Waals surface area contributed by atoms with Gasteiger partial charge in [0.05, 0.1) is 12.8 Å². The van der Waals surface area contributed by atoms with Crippen molar-refractivity contribution < 1.29 is 19.0 Å². The van der Waals surface area contributed by atoms with Crippen molar-refractivity contribution in [2.45, 2.75) is 25.4 Å². The number of methoxy groups -OCH3 is 1. The van der Waals surface area contributed by atoms with E-state index in [2.05, 4.69) is 9.72 Å². The second-order valence-electron chi connectivity index (χ2n) is 4.01. The lowest BCUT2D eigenvalue weighted by atomic mass is 9.82. The first kappa shape index (κ1) is 12.6. The summed E-state index contributed by atoms with van der Waals surface area (Å²) in [6, 6.07) is 2.39. The van der Waals surface area contributed by atoms with E-state index < -0.39 is 23.3 Å². The molecule has 0 aromatic carbocycles. The summed E-state index contributed by atoms with van der Waals surface area (Å²) in [4.78, 5) is 15.2. The number of hydrogen-bond donors (Lipinski definition) is 1. The number of hydrogen-bond acceptors (Lipinski definition) is 4. The summed E-state index contributed by atoms with van der Waals surface area (Å²) in [6.07, 6.45) is -0.0945. The van der Waals surface area contributed by atoms with Gasteiger partial charge in [-0.05, 0) is 12.1 Å². The molecule has 0 saturated heterocycles. The Bertz CT molecular complexity index is 393. The minimum absolute atomic E-state index is 0.297. The minimum atomic E-state index is -1.38. The van der Waals surface area contributed by atoms with Gasteiger partial charge < -0.3 is 9.84 Å². The van der Waals surface area contributed by atoms with Gasteiger partial charge in [-0.15, -0.1) is 0 Å². The van der Waals surface area contributed by atoms with Gasteiger partial charge in [-0.25, -0.2) is 9.18 Å². The van der Waals surface area contributed by atoms with Crippen LogP contribution >= 0.6 is 0 Å². The molecule has 0 fully saturated rings. The minimum Gasteiger partial charge on any atom is -0.467 e. The molecule has 16 heavy (non-hydrogen) atoms. The second-order valence-corrected chi connectivity index (χ2v) is 4.01. The lowest BCUT2D eigenvalue weighted by Gasteiger charge is -2.27. The van der Waals surface area contributed by atoms with Crippen molar-refractivity contribution in [3.05, 3.63) is 29.8 Å². The highest BCUT2D eigenvalue weighted by Crippen LogP contribution is 2.26. The van der Waals surface area contributed by atoms with E-state index in [-0.39, 0.29) is 0 Å². The number of carbonyl (C=O) groups is 1. The summed E-state index contributed by atoms with van der Waals surface area (Å²) in [7, 11) is 1.18. The highest BCUT2D eigenvalue weighted by atomic mass is 19.1. The largest absolute Gasteiger partial charge is 0.467 e. The molecule has 1 atom stereocenters. The van der Waals surface area contributed by atoms with Crippen LogP contribution in [0.3, 0.4) is 0 Å². The average Bonchev–Trinajstić information content (AvgIpc) is 2.27. The fraction of sp³-hybridized carbons (Fsp3) is 0.455. The molecule has 1 aromatic heterocycles. The zero-order valence-corrected chi connectivity index (χ0v) is 9.40. The summed E-state index contributed by atoms with van der Waals surface area (Å²) in [6.45, 7) is 3.19. The van der Waals surface area contributed by atoms with Crippen LogP contribution in [-0.4, -0.2) is 29.3 Å². The number of rotatable bonds is 3. The average molecular weight is 227 g/mol. The Morgan fingerprint density at radius 2 is 2.25 bits per heavy atom. The number of aromatic nitrogens is 1. The number of pyridine rings is 1. The first-order valence-electron chi connectivity index (χ1n) is 4.77. The first-order chi connectivity index (χ1) is 7.39. The van der Waals surface area contributed by atoms with Crippen LogP contribution in [0.4, 0.5) is 4.39 Å². The number of nitrogens with zero attached hydrogens (tertiary/aromatic N) is 1. The molecule has 0 bridgehead atoms. The van der Waals surface area contributed by atoms with E-state index in [0.29, 0.717) is 5.69 Å². The molecule has 0 amide bonds. The van der Waals surface area contributed by atoms with Crippen LogP contribution < -0.4 is 0 Å². The number of carbonyl (C=O) groups excluding carboxylic acids is 1. The molecule has 88 valence electrons.